The molecule has 0 aliphatic carbocycles. The largest absolute Gasteiger partial charge is 0.455 e. The van der Waals surface area contributed by atoms with Crippen molar-refractivity contribution in [3.05, 3.63) is 16.7 Å². The minimum absolute atomic E-state index is 0.0196. The molecule has 4 atom stereocenters. The normalized spacial score (nSPS) is 25.0. The van der Waals surface area contributed by atoms with Crippen LogP contribution >= 0.6 is 0 Å². The van der Waals surface area contributed by atoms with Crippen molar-refractivity contribution in [1.29, 1.82) is 0 Å². The number of nitrogens with one attached hydrogen (secondary N) is 1. The van der Waals surface area contributed by atoms with Crippen molar-refractivity contribution in [3.63, 3.8) is 0 Å². The molecular weight excluding hydrogens is 410 g/mol. The van der Waals surface area contributed by atoms with Crippen LogP contribution in [-0.2, 0) is 18.7 Å². The molecule has 1 aliphatic heterocycles. The third-order valence-corrected chi connectivity index (χ3v) is 10.3. The third-order valence-electron chi connectivity index (χ3n) is 5.75. The number of aliphatic hydroxyl groups excluding tert-OH is 1. The second-order valence-electron chi connectivity index (χ2n) is 8.98. The van der Waals surface area contributed by atoms with Crippen LogP contribution in [0, 0.1) is 0 Å². The molecule has 0 saturated carbocycles. The van der Waals surface area contributed by atoms with Crippen LogP contribution in [0.5, 0.6) is 0 Å². The Morgan fingerprint density at radius 2 is 2.10 bits per heavy atom. The van der Waals surface area contributed by atoms with Gasteiger partial charge in [-0.2, -0.15) is 4.98 Å². The minimum Gasteiger partial charge on any atom is -0.455 e. The summed E-state index contributed by atoms with van der Waals surface area (Å²) in [5, 5.41) is 10.8. The third kappa shape index (κ3) is 4.12. The van der Waals surface area contributed by atoms with E-state index in [2.05, 4.69) is 48.8 Å². The van der Waals surface area contributed by atoms with Gasteiger partial charge in [0, 0.05) is 6.92 Å². The molecule has 12 heteroatoms. The number of carbonyl (C=O) groups is 1. The van der Waals surface area contributed by atoms with Crippen molar-refractivity contribution < 1.29 is 23.8 Å². The van der Waals surface area contributed by atoms with E-state index in [9.17, 15) is 14.7 Å². The van der Waals surface area contributed by atoms with Gasteiger partial charge in [-0.25, -0.2) is 4.98 Å². The summed E-state index contributed by atoms with van der Waals surface area (Å²) in [4.78, 5) is 34.3. The summed E-state index contributed by atoms with van der Waals surface area (Å²) < 4.78 is 19.0. The number of aliphatic hydroxyl groups is 1. The SMILES string of the molecule is CC(=O)O[C@@H]1[C@H](O)[C@@H](CO[Si](C)(C)C(C)(C)C)O[C@H]1n1cnc2c(=O)[nH]c(N)nc21. The van der Waals surface area contributed by atoms with Crippen LogP contribution < -0.4 is 11.3 Å². The second kappa shape index (κ2) is 7.76. The number of ether oxygens (including phenoxy) is 2. The molecule has 30 heavy (non-hydrogen) atoms. The van der Waals surface area contributed by atoms with E-state index in [0.29, 0.717) is 0 Å². The van der Waals surface area contributed by atoms with Crippen LogP contribution in [0.1, 0.15) is 33.9 Å². The van der Waals surface area contributed by atoms with Gasteiger partial charge in [0.2, 0.25) is 5.95 Å². The van der Waals surface area contributed by atoms with E-state index in [1.54, 1.807) is 0 Å². The van der Waals surface area contributed by atoms with Gasteiger partial charge in [0.1, 0.15) is 12.2 Å². The summed E-state index contributed by atoms with van der Waals surface area (Å²) in [6.45, 7) is 11.9. The van der Waals surface area contributed by atoms with Crippen LogP contribution in [0.4, 0.5) is 5.95 Å². The highest BCUT2D eigenvalue weighted by Crippen LogP contribution is 2.38. The molecule has 2 aromatic heterocycles. The summed E-state index contributed by atoms with van der Waals surface area (Å²) in [6.07, 6.45) is -2.52. The van der Waals surface area contributed by atoms with Crippen molar-refractivity contribution in [2.75, 3.05) is 12.3 Å². The van der Waals surface area contributed by atoms with E-state index in [1.807, 2.05) is 0 Å². The predicted octanol–water partition coefficient (Wildman–Crippen LogP) is 0.914. The zero-order valence-corrected chi connectivity index (χ0v) is 19.0. The molecular formula is C18H29N5O6Si. The lowest BCUT2D eigenvalue weighted by Gasteiger charge is -2.37. The van der Waals surface area contributed by atoms with Crippen molar-refractivity contribution >= 4 is 31.4 Å². The molecule has 166 valence electrons. The number of anilines is 1. The Bertz CT molecular complexity index is 997. The lowest BCUT2D eigenvalue weighted by Crippen LogP contribution is -2.44. The molecule has 0 amide bonds. The Hall–Kier alpha value is -2.28. The number of rotatable bonds is 5. The van der Waals surface area contributed by atoms with Gasteiger partial charge in [-0.05, 0) is 18.1 Å². The molecule has 4 N–H and O–H groups in total. The number of esters is 1. The van der Waals surface area contributed by atoms with Crippen LogP contribution in [0.15, 0.2) is 11.1 Å². The van der Waals surface area contributed by atoms with Crippen LogP contribution in [0.2, 0.25) is 18.1 Å². The fourth-order valence-corrected chi connectivity index (χ4v) is 4.05. The Labute approximate surface area is 174 Å². The molecule has 0 unspecified atom stereocenters. The first-order valence-corrected chi connectivity index (χ1v) is 12.6. The second-order valence-corrected chi connectivity index (χ2v) is 13.8. The van der Waals surface area contributed by atoms with Gasteiger partial charge in [-0.3, -0.25) is 19.1 Å². The Morgan fingerprint density at radius 3 is 2.70 bits per heavy atom. The number of hydrogen-bond donors (Lipinski definition) is 3. The lowest BCUT2D eigenvalue weighted by molar-refractivity contribution is -0.155. The smallest absolute Gasteiger partial charge is 0.303 e. The molecule has 1 fully saturated rings. The van der Waals surface area contributed by atoms with E-state index in [0.717, 1.165) is 0 Å². The quantitative estimate of drug-likeness (QED) is 0.455. The molecule has 0 spiro atoms. The molecule has 1 saturated heterocycles. The highest BCUT2D eigenvalue weighted by Gasteiger charge is 2.49. The topological polar surface area (TPSA) is 155 Å². The minimum atomic E-state index is -2.10. The van der Waals surface area contributed by atoms with Gasteiger partial charge in [-0.1, -0.05) is 20.8 Å². The van der Waals surface area contributed by atoms with E-state index in [-0.39, 0.29) is 28.8 Å². The molecule has 2 aromatic rings. The maximum Gasteiger partial charge on any atom is 0.303 e. The number of fused-ring (bicyclic) bond motifs is 1. The average Bonchev–Trinajstić information content (AvgIpc) is 3.14. The summed E-state index contributed by atoms with van der Waals surface area (Å²) in [5.41, 5.74) is 5.38. The maximum absolute atomic E-state index is 12.1. The number of aromatic nitrogens is 4. The number of imidazole rings is 1. The maximum atomic E-state index is 12.1. The fraction of sp³-hybridized carbons (Fsp3) is 0.667. The number of nitrogen functional groups attached to an aromatic ring is 1. The molecule has 11 nitrogen and oxygen atoms in total. The van der Waals surface area contributed by atoms with Gasteiger partial charge in [-0.15, -0.1) is 0 Å². The van der Waals surface area contributed by atoms with Gasteiger partial charge >= 0.3 is 5.97 Å². The molecule has 3 heterocycles. The van der Waals surface area contributed by atoms with Gasteiger partial charge in [0.15, 0.2) is 31.8 Å². The zero-order valence-electron chi connectivity index (χ0n) is 18.0. The molecule has 0 bridgehead atoms. The molecule has 3 rings (SSSR count). The monoisotopic (exact) mass is 439 g/mol. The Balaban J connectivity index is 1.92. The number of aromatic amines is 1. The van der Waals surface area contributed by atoms with E-state index in [4.69, 9.17) is 19.6 Å². The van der Waals surface area contributed by atoms with E-state index < -0.39 is 44.4 Å². The highest BCUT2D eigenvalue weighted by molar-refractivity contribution is 6.74. The Kier molecular flexibility index (Phi) is 5.80. The van der Waals surface area contributed by atoms with Crippen molar-refractivity contribution in [2.45, 2.75) is 70.4 Å². The summed E-state index contributed by atoms with van der Waals surface area (Å²) in [6, 6.07) is 0. The van der Waals surface area contributed by atoms with Crippen LogP contribution in [0.3, 0.4) is 0 Å². The van der Waals surface area contributed by atoms with Crippen LogP contribution in [-0.4, -0.2) is 63.8 Å². The van der Waals surface area contributed by atoms with Gasteiger partial charge in [0.05, 0.1) is 12.9 Å². The molecule has 1 aliphatic rings. The van der Waals surface area contributed by atoms with Gasteiger partial charge < -0.3 is 24.7 Å². The van der Waals surface area contributed by atoms with E-state index in [1.165, 1.54) is 17.8 Å². The standard InChI is InChI=1S/C18H29N5O6Si/c1-9(24)28-13-12(25)10(7-27-30(5,6)18(2,3)4)29-16(13)23-8-20-11-14(23)21-17(19)22-15(11)26/h8,10,12-13,16,25H,7H2,1-6H3,(H3,19,21,22,26)/t10-,12-,13-,16-/m1/s1. The first-order chi connectivity index (χ1) is 13.8. The number of hydrogen-bond acceptors (Lipinski definition) is 9. The zero-order chi connectivity index (χ0) is 22.4. The van der Waals surface area contributed by atoms with Gasteiger partial charge in [0.25, 0.3) is 5.56 Å². The highest BCUT2D eigenvalue weighted by atomic mass is 28.4. The number of nitrogens with two attached hydrogens (primary N) is 1. The molecule has 0 radical (unpaired) electrons. The number of H-pyrrole nitrogens is 1. The van der Waals surface area contributed by atoms with Crippen molar-refractivity contribution in [2.24, 2.45) is 0 Å². The Morgan fingerprint density at radius 1 is 1.43 bits per heavy atom. The first-order valence-electron chi connectivity index (χ1n) is 9.69. The average molecular weight is 440 g/mol. The molecule has 0 aromatic carbocycles. The summed E-state index contributed by atoms with van der Waals surface area (Å²) >= 11 is 0. The lowest BCUT2D eigenvalue weighted by atomic mass is 10.1. The first kappa shape index (κ1) is 22.4. The van der Waals surface area contributed by atoms with Crippen LogP contribution in [0.25, 0.3) is 11.2 Å². The number of nitrogens with zero attached hydrogens (tertiary/aromatic N) is 3. The predicted molar refractivity (Wildman–Crippen MR) is 111 cm³/mol. The number of carbonyl (C=O) groups excluding carboxylic acids is 1. The summed E-state index contributed by atoms with van der Waals surface area (Å²) in [5.74, 6) is -0.664. The van der Waals surface area contributed by atoms with Crippen molar-refractivity contribution in [1.82, 2.24) is 19.5 Å². The fourth-order valence-electron chi connectivity index (χ4n) is 3.03. The summed E-state index contributed by atoms with van der Waals surface area (Å²) in [7, 11) is -2.10. The van der Waals surface area contributed by atoms with Crippen molar-refractivity contribution in [3.8, 4) is 0 Å². The van der Waals surface area contributed by atoms with E-state index >= 15 is 0 Å².